The van der Waals surface area contributed by atoms with Gasteiger partial charge in [0.2, 0.25) is 5.91 Å². The van der Waals surface area contributed by atoms with Gasteiger partial charge in [-0.2, -0.15) is 0 Å². The summed E-state index contributed by atoms with van der Waals surface area (Å²) in [4.78, 5) is 15.7. The van der Waals surface area contributed by atoms with Crippen LogP contribution in [0.15, 0.2) is 17.6 Å². The molecule has 0 spiro atoms. The van der Waals surface area contributed by atoms with Gasteiger partial charge in [0.15, 0.2) is 5.16 Å². The van der Waals surface area contributed by atoms with E-state index in [4.69, 9.17) is 5.73 Å². The molecule has 108 valence electrons. The molecule has 1 rings (SSSR count). The van der Waals surface area contributed by atoms with E-state index < -0.39 is 5.54 Å². The SMILES string of the molecule is CCNC(C)(CCCCSc1nccn1C)C(N)=O. The molecule has 0 aromatic carbocycles. The number of likely N-dealkylation sites (N-methyl/N-ethyl adjacent to an activating group) is 1. The second-order valence-corrected chi connectivity index (χ2v) is 5.92. The van der Waals surface area contributed by atoms with Gasteiger partial charge in [-0.3, -0.25) is 4.79 Å². The predicted octanol–water partition coefficient (Wildman–Crippen LogP) is 1.54. The van der Waals surface area contributed by atoms with Crippen molar-refractivity contribution in [3.63, 3.8) is 0 Å². The first-order chi connectivity index (χ1) is 8.99. The zero-order valence-electron chi connectivity index (χ0n) is 12.0. The van der Waals surface area contributed by atoms with E-state index in [1.54, 1.807) is 18.0 Å². The molecule has 1 amide bonds. The smallest absolute Gasteiger partial charge is 0.237 e. The minimum absolute atomic E-state index is 0.272. The summed E-state index contributed by atoms with van der Waals surface area (Å²) in [5.74, 6) is 0.734. The van der Waals surface area contributed by atoms with Gasteiger partial charge in [0.05, 0.1) is 5.54 Å². The Kier molecular flexibility index (Phi) is 6.37. The number of carbonyl (C=O) groups excluding carboxylic acids is 1. The first kappa shape index (κ1) is 16.0. The topological polar surface area (TPSA) is 72.9 Å². The van der Waals surface area contributed by atoms with Crippen molar-refractivity contribution in [1.82, 2.24) is 14.9 Å². The molecule has 3 N–H and O–H groups in total. The Bertz CT molecular complexity index is 407. The highest BCUT2D eigenvalue weighted by molar-refractivity contribution is 7.99. The Morgan fingerprint density at radius 2 is 2.32 bits per heavy atom. The minimum atomic E-state index is -0.581. The summed E-state index contributed by atoms with van der Waals surface area (Å²) in [5.41, 5.74) is 4.87. The van der Waals surface area contributed by atoms with E-state index in [1.165, 1.54) is 0 Å². The lowest BCUT2D eigenvalue weighted by Gasteiger charge is -2.26. The Hall–Kier alpha value is -1.01. The maximum absolute atomic E-state index is 11.4. The second kappa shape index (κ2) is 7.55. The highest BCUT2D eigenvalue weighted by Gasteiger charge is 2.28. The van der Waals surface area contributed by atoms with Crippen molar-refractivity contribution < 1.29 is 4.79 Å². The van der Waals surface area contributed by atoms with Crippen LogP contribution in [0.1, 0.15) is 33.1 Å². The Labute approximate surface area is 119 Å². The average Bonchev–Trinajstić information content (AvgIpc) is 2.75. The number of hydrogen-bond donors (Lipinski definition) is 2. The molecular weight excluding hydrogens is 260 g/mol. The molecule has 1 aromatic rings. The second-order valence-electron chi connectivity index (χ2n) is 4.85. The lowest BCUT2D eigenvalue weighted by Crippen LogP contribution is -2.52. The fraction of sp³-hybridized carbons (Fsp3) is 0.692. The van der Waals surface area contributed by atoms with Crippen LogP contribution in [0.2, 0.25) is 0 Å². The molecule has 0 aliphatic carbocycles. The van der Waals surface area contributed by atoms with E-state index >= 15 is 0 Å². The molecule has 0 fully saturated rings. The van der Waals surface area contributed by atoms with Crippen LogP contribution in [0.4, 0.5) is 0 Å². The molecule has 0 saturated carbocycles. The fourth-order valence-corrected chi connectivity index (χ4v) is 2.85. The molecule has 1 unspecified atom stereocenters. The van der Waals surface area contributed by atoms with E-state index in [0.717, 1.165) is 36.7 Å². The Morgan fingerprint density at radius 3 is 2.84 bits per heavy atom. The molecule has 6 heteroatoms. The van der Waals surface area contributed by atoms with Gasteiger partial charge in [0, 0.05) is 25.2 Å². The number of nitrogens with zero attached hydrogens (tertiary/aromatic N) is 2. The summed E-state index contributed by atoms with van der Waals surface area (Å²) >= 11 is 1.74. The van der Waals surface area contributed by atoms with E-state index in [-0.39, 0.29) is 5.91 Å². The summed E-state index contributed by atoms with van der Waals surface area (Å²) in [5, 5.41) is 4.21. The monoisotopic (exact) mass is 284 g/mol. The predicted molar refractivity (Wildman–Crippen MR) is 79.1 cm³/mol. The van der Waals surface area contributed by atoms with Crippen LogP contribution in [0.25, 0.3) is 0 Å². The van der Waals surface area contributed by atoms with E-state index in [0.29, 0.717) is 0 Å². The van der Waals surface area contributed by atoms with E-state index in [9.17, 15) is 4.79 Å². The number of hydrogen-bond acceptors (Lipinski definition) is 4. The number of rotatable bonds is 9. The van der Waals surface area contributed by atoms with Crippen LogP contribution in [0.3, 0.4) is 0 Å². The van der Waals surface area contributed by atoms with Crippen molar-refractivity contribution in [1.29, 1.82) is 0 Å². The maximum Gasteiger partial charge on any atom is 0.237 e. The summed E-state index contributed by atoms with van der Waals surface area (Å²) < 4.78 is 2.01. The Morgan fingerprint density at radius 1 is 1.58 bits per heavy atom. The first-order valence-electron chi connectivity index (χ1n) is 6.64. The third-order valence-corrected chi connectivity index (χ3v) is 4.33. The maximum atomic E-state index is 11.4. The Balaban J connectivity index is 2.26. The summed E-state index contributed by atoms with van der Waals surface area (Å²) in [7, 11) is 1.99. The van der Waals surface area contributed by atoms with Crippen molar-refractivity contribution in [3.8, 4) is 0 Å². The molecule has 1 atom stereocenters. The van der Waals surface area contributed by atoms with Gasteiger partial charge in [-0.25, -0.2) is 4.98 Å². The van der Waals surface area contributed by atoms with E-state index in [1.807, 2.05) is 31.7 Å². The quantitative estimate of drug-likeness (QED) is 0.533. The van der Waals surface area contributed by atoms with Gasteiger partial charge in [-0.1, -0.05) is 25.1 Å². The molecule has 0 saturated heterocycles. The summed E-state index contributed by atoms with van der Waals surface area (Å²) in [6.45, 7) is 4.62. The van der Waals surface area contributed by atoms with Gasteiger partial charge >= 0.3 is 0 Å². The molecule has 5 nitrogen and oxygen atoms in total. The van der Waals surface area contributed by atoms with Gasteiger partial charge in [0.1, 0.15) is 0 Å². The average molecular weight is 284 g/mol. The minimum Gasteiger partial charge on any atom is -0.368 e. The van der Waals surface area contributed by atoms with Crippen LogP contribution in [-0.2, 0) is 11.8 Å². The van der Waals surface area contributed by atoms with Crippen molar-refractivity contribution in [3.05, 3.63) is 12.4 Å². The van der Waals surface area contributed by atoms with Crippen LogP contribution >= 0.6 is 11.8 Å². The van der Waals surface area contributed by atoms with Gasteiger partial charge in [-0.05, 0) is 26.3 Å². The van der Waals surface area contributed by atoms with Crippen molar-refractivity contribution >= 4 is 17.7 Å². The largest absolute Gasteiger partial charge is 0.368 e. The summed E-state index contributed by atoms with van der Waals surface area (Å²) in [6, 6.07) is 0. The number of nitrogens with one attached hydrogen (secondary N) is 1. The molecule has 19 heavy (non-hydrogen) atoms. The van der Waals surface area contributed by atoms with Gasteiger partial charge in [0.25, 0.3) is 0 Å². The normalized spacial score (nSPS) is 14.3. The third kappa shape index (κ3) is 4.87. The molecule has 1 aromatic heterocycles. The van der Waals surface area contributed by atoms with Crippen molar-refractivity contribution in [2.75, 3.05) is 12.3 Å². The standard InChI is InChI=1S/C13H24N4OS/c1-4-16-13(2,11(14)18)7-5-6-10-19-12-15-8-9-17(12)3/h8-9,16H,4-7,10H2,1-3H3,(H2,14,18). The number of primary amides is 1. The highest BCUT2D eigenvalue weighted by Crippen LogP contribution is 2.19. The van der Waals surface area contributed by atoms with Crippen molar-refractivity contribution in [2.45, 2.75) is 43.8 Å². The lowest BCUT2D eigenvalue weighted by molar-refractivity contribution is -0.124. The molecular formula is C13H24N4OS. The lowest BCUT2D eigenvalue weighted by atomic mass is 9.94. The number of imidazole rings is 1. The number of aromatic nitrogens is 2. The number of thioether (sulfide) groups is 1. The van der Waals surface area contributed by atoms with Gasteiger partial charge < -0.3 is 15.6 Å². The molecule has 0 radical (unpaired) electrons. The number of amides is 1. The molecule has 0 aliphatic rings. The van der Waals surface area contributed by atoms with E-state index in [2.05, 4.69) is 10.3 Å². The number of carbonyl (C=O) groups is 1. The zero-order chi connectivity index (χ0) is 14.3. The highest BCUT2D eigenvalue weighted by atomic mass is 32.2. The number of unbranched alkanes of at least 4 members (excludes halogenated alkanes) is 1. The van der Waals surface area contributed by atoms with Crippen LogP contribution in [0, 0.1) is 0 Å². The van der Waals surface area contributed by atoms with Gasteiger partial charge in [-0.15, -0.1) is 0 Å². The third-order valence-electron chi connectivity index (χ3n) is 3.19. The fourth-order valence-electron chi connectivity index (χ4n) is 1.92. The first-order valence-corrected chi connectivity index (χ1v) is 7.63. The number of aryl methyl sites for hydroxylation is 1. The molecule has 0 bridgehead atoms. The molecule has 1 heterocycles. The number of nitrogens with two attached hydrogens (primary N) is 1. The van der Waals surface area contributed by atoms with Crippen molar-refractivity contribution in [2.24, 2.45) is 12.8 Å². The van der Waals surface area contributed by atoms with Crippen LogP contribution in [-0.4, -0.2) is 33.3 Å². The zero-order valence-corrected chi connectivity index (χ0v) is 12.8. The summed E-state index contributed by atoms with van der Waals surface area (Å²) in [6.07, 6.45) is 6.54. The van der Waals surface area contributed by atoms with Crippen LogP contribution in [0.5, 0.6) is 0 Å². The molecule has 0 aliphatic heterocycles. The van der Waals surface area contributed by atoms with Crippen LogP contribution < -0.4 is 11.1 Å².